The molecule has 1 aliphatic rings. The van der Waals surface area contributed by atoms with Gasteiger partial charge in [-0.3, -0.25) is 4.79 Å². The molecule has 0 bridgehead atoms. The summed E-state index contributed by atoms with van der Waals surface area (Å²) in [5.74, 6) is 1.42. The molecule has 124 valence electrons. The van der Waals surface area contributed by atoms with Crippen molar-refractivity contribution >= 4 is 27.9 Å². The Bertz CT molecular complexity index is 801. The van der Waals surface area contributed by atoms with E-state index in [1.165, 1.54) is 5.56 Å². The zero-order valence-corrected chi connectivity index (χ0v) is 15.2. The van der Waals surface area contributed by atoms with E-state index < -0.39 is 0 Å². The molecular weight excluding hydrogens is 370 g/mol. The van der Waals surface area contributed by atoms with Gasteiger partial charge < -0.3 is 14.4 Å². The summed E-state index contributed by atoms with van der Waals surface area (Å²) in [6, 6.07) is 11.8. The van der Waals surface area contributed by atoms with Gasteiger partial charge in [0.15, 0.2) is 11.5 Å². The minimum atomic E-state index is -0.0554. The monoisotopic (exact) mass is 387 g/mol. The lowest BCUT2D eigenvalue weighted by Crippen LogP contribution is -2.24. The second kappa shape index (κ2) is 7.09. The number of ether oxygens (including phenoxy) is 2. The molecule has 2 aromatic rings. The van der Waals surface area contributed by atoms with E-state index in [-0.39, 0.29) is 12.7 Å². The third-order valence-corrected chi connectivity index (χ3v) is 4.48. The maximum Gasteiger partial charge on any atom is 0.246 e. The second-order valence-corrected chi connectivity index (χ2v) is 6.59. The summed E-state index contributed by atoms with van der Waals surface area (Å²) in [5, 5.41) is 0. The van der Waals surface area contributed by atoms with Crippen LogP contribution in [0.1, 0.15) is 16.7 Å². The molecule has 0 saturated heterocycles. The number of hydrogen-bond acceptors (Lipinski definition) is 3. The van der Waals surface area contributed by atoms with Crippen molar-refractivity contribution in [3.8, 4) is 11.5 Å². The molecule has 5 heteroatoms. The molecular formula is C19H18BrNO3. The highest BCUT2D eigenvalue weighted by Gasteiger charge is 2.14. The van der Waals surface area contributed by atoms with Crippen LogP contribution in [0.2, 0.25) is 0 Å². The Hall–Kier alpha value is -2.27. The van der Waals surface area contributed by atoms with Gasteiger partial charge in [-0.2, -0.15) is 0 Å². The number of benzene rings is 2. The smallest absolute Gasteiger partial charge is 0.246 e. The SMILES string of the molecule is Cc1ccc(C=CC(=O)N(C)Cc2ccc3c(c2)OCO3)c(Br)c1. The van der Waals surface area contributed by atoms with Crippen LogP contribution in [0.5, 0.6) is 11.5 Å². The summed E-state index contributed by atoms with van der Waals surface area (Å²) in [4.78, 5) is 14.0. The lowest BCUT2D eigenvalue weighted by Gasteiger charge is -2.15. The average molecular weight is 388 g/mol. The lowest BCUT2D eigenvalue weighted by molar-refractivity contribution is -0.125. The molecule has 0 saturated carbocycles. The summed E-state index contributed by atoms with van der Waals surface area (Å²) in [6.45, 7) is 2.79. The molecule has 1 aliphatic heterocycles. The summed E-state index contributed by atoms with van der Waals surface area (Å²) < 4.78 is 11.6. The first-order valence-corrected chi connectivity index (χ1v) is 8.40. The molecule has 24 heavy (non-hydrogen) atoms. The predicted molar refractivity (Wildman–Crippen MR) is 97.0 cm³/mol. The zero-order chi connectivity index (χ0) is 17.1. The van der Waals surface area contributed by atoms with Crippen LogP contribution in [0, 0.1) is 6.92 Å². The number of fused-ring (bicyclic) bond motifs is 1. The van der Waals surface area contributed by atoms with Crippen LogP contribution < -0.4 is 9.47 Å². The fourth-order valence-corrected chi connectivity index (χ4v) is 3.07. The lowest BCUT2D eigenvalue weighted by atomic mass is 10.1. The molecule has 1 heterocycles. The van der Waals surface area contributed by atoms with E-state index >= 15 is 0 Å². The first-order chi connectivity index (χ1) is 11.5. The van der Waals surface area contributed by atoms with Crippen molar-refractivity contribution in [3.63, 3.8) is 0 Å². The van der Waals surface area contributed by atoms with Crippen LogP contribution in [0.25, 0.3) is 6.08 Å². The first-order valence-electron chi connectivity index (χ1n) is 7.61. The normalized spacial score (nSPS) is 12.6. The molecule has 2 aromatic carbocycles. The summed E-state index contributed by atoms with van der Waals surface area (Å²) in [7, 11) is 1.78. The highest BCUT2D eigenvalue weighted by molar-refractivity contribution is 9.10. The van der Waals surface area contributed by atoms with Gasteiger partial charge in [0, 0.05) is 24.1 Å². The van der Waals surface area contributed by atoms with Crippen molar-refractivity contribution in [1.82, 2.24) is 4.90 Å². The van der Waals surface area contributed by atoms with Crippen LogP contribution in [0.3, 0.4) is 0 Å². The highest BCUT2D eigenvalue weighted by atomic mass is 79.9. The summed E-state index contributed by atoms with van der Waals surface area (Å²) >= 11 is 3.51. The number of halogens is 1. The Morgan fingerprint density at radius 1 is 1.21 bits per heavy atom. The first kappa shape index (κ1) is 16.6. The van der Waals surface area contributed by atoms with Crippen LogP contribution in [-0.2, 0) is 11.3 Å². The Morgan fingerprint density at radius 3 is 2.79 bits per heavy atom. The largest absolute Gasteiger partial charge is 0.454 e. The van der Waals surface area contributed by atoms with Crippen molar-refractivity contribution in [2.45, 2.75) is 13.5 Å². The molecule has 0 aliphatic carbocycles. The summed E-state index contributed by atoms with van der Waals surface area (Å²) in [5.41, 5.74) is 3.15. The predicted octanol–water partition coefficient (Wildman–Crippen LogP) is 4.16. The number of carbonyl (C=O) groups excluding carboxylic acids is 1. The number of amides is 1. The fourth-order valence-electron chi connectivity index (χ4n) is 2.45. The number of hydrogen-bond donors (Lipinski definition) is 0. The third kappa shape index (κ3) is 3.79. The van der Waals surface area contributed by atoms with Gasteiger partial charge in [-0.25, -0.2) is 0 Å². The van der Waals surface area contributed by atoms with E-state index in [0.29, 0.717) is 6.54 Å². The maximum atomic E-state index is 12.3. The zero-order valence-electron chi connectivity index (χ0n) is 13.6. The van der Waals surface area contributed by atoms with Gasteiger partial charge in [-0.15, -0.1) is 0 Å². The third-order valence-electron chi connectivity index (χ3n) is 3.79. The number of carbonyl (C=O) groups is 1. The van der Waals surface area contributed by atoms with E-state index in [2.05, 4.69) is 15.9 Å². The fraction of sp³-hybridized carbons (Fsp3) is 0.211. The van der Waals surface area contributed by atoms with E-state index in [1.807, 2.05) is 49.4 Å². The topological polar surface area (TPSA) is 38.8 Å². The molecule has 3 rings (SSSR count). The van der Waals surface area contributed by atoms with Crippen LogP contribution in [0.15, 0.2) is 46.9 Å². The van der Waals surface area contributed by atoms with Crippen LogP contribution >= 0.6 is 15.9 Å². The molecule has 0 radical (unpaired) electrons. The molecule has 0 unspecified atom stereocenters. The van der Waals surface area contributed by atoms with Gasteiger partial charge in [0.2, 0.25) is 12.7 Å². The standard InChI is InChI=1S/C19H18BrNO3/c1-13-3-5-15(16(20)9-13)6-8-19(22)21(2)11-14-4-7-17-18(10-14)24-12-23-17/h3-10H,11-12H2,1-2H3. The Kier molecular flexibility index (Phi) is 4.90. The Labute approximate surface area is 149 Å². The Balaban J connectivity index is 1.65. The van der Waals surface area contributed by atoms with Crippen LogP contribution in [-0.4, -0.2) is 24.6 Å². The highest BCUT2D eigenvalue weighted by Crippen LogP contribution is 2.32. The van der Waals surface area contributed by atoms with Gasteiger partial charge >= 0.3 is 0 Å². The van der Waals surface area contributed by atoms with Gasteiger partial charge in [0.05, 0.1) is 0 Å². The van der Waals surface area contributed by atoms with E-state index in [0.717, 1.165) is 27.1 Å². The second-order valence-electron chi connectivity index (χ2n) is 5.74. The van der Waals surface area contributed by atoms with E-state index in [9.17, 15) is 4.79 Å². The number of aryl methyl sites for hydroxylation is 1. The van der Waals surface area contributed by atoms with Crippen molar-refractivity contribution in [3.05, 3.63) is 63.6 Å². The number of nitrogens with zero attached hydrogens (tertiary/aromatic N) is 1. The minimum Gasteiger partial charge on any atom is -0.454 e. The van der Waals surface area contributed by atoms with Crippen molar-refractivity contribution in [2.24, 2.45) is 0 Å². The number of likely N-dealkylation sites (N-methyl/N-ethyl adjacent to an activating group) is 1. The summed E-state index contributed by atoms with van der Waals surface area (Å²) in [6.07, 6.45) is 3.41. The van der Waals surface area contributed by atoms with Crippen LogP contribution in [0.4, 0.5) is 0 Å². The average Bonchev–Trinajstić information content (AvgIpc) is 3.01. The van der Waals surface area contributed by atoms with Crippen molar-refractivity contribution in [2.75, 3.05) is 13.8 Å². The minimum absolute atomic E-state index is 0.0554. The molecule has 1 amide bonds. The molecule has 0 fully saturated rings. The van der Waals surface area contributed by atoms with Crippen molar-refractivity contribution in [1.29, 1.82) is 0 Å². The number of rotatable bonds is 4. The maximum absolute atomic E-state index is 12.3. The van der Waals surface area contributed by atoms with Gasteiger partial charge in [0.25, 0.3) is 0 Å². The van der Waals surface area contributed by atoms with E-state index in [1.54, 1.807) is 18.0 Å². The Morgan fingerprint density at radius 2 is 2.00 bits per heavy atom. The van der Waals surface area contributed by atoms with Gasteiger partial charge in [-0.1, -0.05) is 34.1 Å². The quantitative estimate of drug-likeness (QED) is 0.739. The van der Waals surface area contributed by atoms with Crippen molar-refractivity contribution < 1.29 is 14.3 Å². The van der Waals surface area contributed by atoms with Gasteiger partial charge in [0.1, 0.15) is 0 Å². The van der Waals surface area contributed by atoms with E-state index in [4.69, 9.17) is 9.47 Å². The molecule has 0 atom stereocenters. The molecule has 0 spiro atoms. The molecule has 4 nitrogen and oxygen atoms in total. The van der Waals surface area contributed by atoms with Gasteiger partial charge in [-0.05, 0) is 47.9 Å². The molecule has 0 N–H and O–H groups in total. The molecule has 0 aromatic heterocycles.